The van der Waals surface area contributed by atoms with Crippen LogP contribution in [0.5, 0.6) is 0 Å². The third-order valence-corrected chi connectivity index (χ3v) is 2.61. The van der Waals surface area contributed by atoms with Crippen molar-refractivity contribution in [2.24, 2.45) is 0 Å². The van der Waals surface area contributed by atoms with Crippen molar-refractivity contribution < 1.29 is 9.59 Å². The topological polar surface area (TPSA) is 70.2 Å². The van der Waals surface area contributed by atoms with Gasteiger partial charge in [-0.2, -0.15) is 0 Å². The Bertz CT molecular complexity index is 458. The van der Waals surface area contributed by atoms with Gasteiger partial charge in [-0.3, -0.25) is 9.59 Å². The van der Waals surface area contributed by atoms with Crippen LogP contribution in [0, 0.1) is 0 Å². The van der Waals surface area contributed by atoms with Crippen LogP contribution in [-0.4, -0.2) is 30.9 Å². The van der Waals surface area contributed by atoms with Crippen LogP contribution in [-0.2, 0) is 4.79 Å². The highest BCUT2D eigenvalue weighted by Gasteiger charge is 2.07. The van der Waals surface area contributed by atoms with Crippen molar-refractivity contribution in [3.63, 3.8) is 0 Å². The number of hydrogen-bond donors (Lipinski definition) is 3. The van der Waals surface area contributed by atoms with Gasteiger partial charge in [0.15, 0.2) is 0 Å². The molecule has 1 rings (SSSR count). The van der Waals surface area contributed by atoms with Crippen LogP contribution >= 0.6 is 0 Å². The average Bonchev–Trinajstić information content (AvgIpc) is 2.42. The lowest BCUT2D eigenvalue weighted by Gasteiger charge is -2.10. The summed E-state index contributed by atoms with van der Waals surface area (Å²) in [5.74, 6) is -0.243. The number of carbonyl (C=O) groups excluding carboxylic acids is 2. The summed E-state index contributed by atoms with van der Waals surface area (Å²) in [5, 5.41) is 8.61. The Morgan fingerprint density at radius 3 is 2.65 bits per heavy atom. The Labute approximate surface area is 120 Å². The Kier molecular flexibility index (Phi) is 6.73. The molecule has 0 aliphatic heterocycles. The number of anilines is 1. The second-order valence-electron chi connectivity index (χ2n) is 4.92. The summed E-state index contributed by atoms with van der Waals surface area (Å²) in [6, 6.07) is 7.19. The molecule has 1 aromatic carbocycles. The zero-order valence-electron chi connectivity index (χ0n) is 12.3. The summed E-state index contributed by atoms with van der Waals surface area (Å²) >= 11 is 0. The van der Waals surface area contributed by atoms with Crippen molar-refractivity contribution in [2.45, 2.75) is 33.2 Å². The minimum Gasteiger partial charge on any atom is -0.352 e. The normalized spacial score (nSPS) is 10.4. The molecular formula is C15H23N3O2. The predicted molar refractivity (Wildman–Crippen MR) is 80.8 cm³/mol. The van der Waals surface area contributed by atoms with Gasteiger partial charge < -0.3 is 16.0 Å². The van der Waals surface area contributed by atoms with Gasteiger partial charge in [0.1, 0.15) is 0 Å². The highest BCUT2D eigenvalue weighted by atomic mass is 16.2. The largest absolute Gasteiger partial charge is 0.352 e. The zero-order chi connectivity index (χ0) is 15.0. The van der Waals surface area contributed by atoms with Gasteiger partial charge >= 0.3 is 0 Å². The average molecular weight is 277 g/mol. The molecular weight excluding hydrogens is 254 g/mol. The monoisotopic (exact) mass is 277 g/mol. The van der Waals surface area contributed by atoms with Crippen molar-refractivity contribution in [3.05, 3.63) is 29.8 Å². The van der Waals surface area contributed by atoms with Crippen LogP contribution < -0.4 is 16.0 Å². The first-order chi connectivity index (χ1) is 9.52. The summed E-state index contributed by atoms with van der Waals surface area (Å²) in [7, 11) is 0. The Hall–Kier alpha value is -1.88. The van der Waals surface area contributed by atoms with E-state index in [0.717, 1.165) is 6.42 Å². The number of rotatable bonds is 7. The van der Waals surface area contributed by atoms with Gasteiger partial charge in [0.2, 0.25) is 5.91 Å². The van der Waals surface area contributed by atoms with E-state index in [-0.39, 0.29) is 24.4 Å². The molecule has 5 heteroatoms. The van der Waals surface area contributed by atoms with Crippen LogP contribution in [0.25, 0.3) is 0 Å². The first-order valence-corrected chi connectivity index (χ1v) is 6.94. The van der Waals surface area contributed by atoms with E-state index in [9.17, 15) is 9.59 Å². The summed E-state index contributed by atoms with van der Waals surface area (Å²) in [6.45, 7) is 6.86. The molecule has 0 spiro atoms. The molecule has 2 amide bonds. The van der Waals surface area contributed by atoms with E-state index in [1.165, 1.54) is 0 Å². The minimum absolute atomic E-state index is 0.121. The predicted octanol–water partition coefficient (Wildman–Crippen LogP) is 1.76. The van der Waals surface area contributed by atoms with E-state index >= 15 is 0 Å². The molecule has 0 atom stereocenters. The van der Waals surface area contributed by atoms with E-state index in [1.54, 1.807) is 24.3 Å². The molecule has 0 aromatic heterocycles. The lowest BCUT2D eigenvalue weighted by molar-refractivity contribution is -0.115. The van der Waals surface area contributed by atoms with Crippen molar-refractivity contribution in [2.75, 3.05) is 18.4 Å². The van der Waals surface area contributed by atoms with Gasteiger partial charge in [-0.15, -0.1) is 0 Å². The quantitative estimate of drug-likeness (QED) is 0.711. The maximum atomic E-state index is 11.8. The third-order valence-electron chi connectivity index (χ3n) is 2.61. The maximum Gasteiger partial charge on any atom is 0.251 e. The summed E-state index contributed by atoms with van der Waals surface area (Å²) in [6.07, 6.45) is 0.892. The first-order valence-electron chi connectivity index (χ1n) is 6.94. The molecule has 110 valence electrons. The molecule has 0 aliphatic carbocycles. The fourth-order valence-electron chi connectivity index (χ4n) is 1.58. The van der Waals surface area contributed by atoms with Crippen molar-refractivity contribution >= 4 is 17.5 Å². The van der Waals surface area contributed by atoms with Gasteiger partial charge in [-0.1, -0.05) is 26.8 Å². The number of carbonyl (C=O) groups is 2. The van der Waals surface area contributed by atoms with E-state index in [1.807, 2.05) is 20.8 Å². The molecule has 5 nitrogen and oxygen atoms in total. The number of hydrogen-bond acceptors (Lipinski definition) is 3. The van der Waals surface area contributed by atoms with Crippen molar-refractivity contribution in [1.82, 2.24) is 10.6 Å². The fourth-order valence-corrected chi connectivity index (χ4v) is 1.58. The van der Waals surface area contributed by atoms with E-state index in [4.69, 9.17) is 0 Å². The Morgan fingerprint density at radius 2 is 2.00 bits per heavy atom. The molecule has 0 saturated heterocycles. The van der Waals surface area contributed by atoms with Gasteiger partial charge in [-0.25, -0.2) is 0 Å². The highest BCUT2D eigenvalue weighted by Crippen LogP contribution is 2.10. The van der Waals surface area contributed by atoms with E-state index in [2.05, 4.69) is 16.0 Å². The second-order valence-corrected chi connectivity index (χ2v) is 4.92. The zero-order valence-corrected chi connectivity index (χ0v) is 12.3. The van der Waals surface area contributed by atoms with E-state index < -0.39 is 0 Å². The fraction of sp³-hybridized carbons (Fsp3) is 0.467. The first kappa shape index (κ1) is 16.2. The number of amides is 2. The molecule has 0 fully saturated rings. The third kappa shape index (κ3) is 5.84. The molecule has 0 heterocycles. The van der Waals surface area contributed by atoms with Gasteiger partial charge in [0.05, 0.1) is 6.54 Å². The molecule has 0 radical (unpaired) electrons. The SMILES string of the molecule is CCCNC(=O)c1cccc(NC(=O)CNC(C)C)c1. The smallest absolute Gasteiger partial charge is 0.251 e. The van der Waals surface area contributed by atoms with Crippen LogP contribution in [0.4, 0.5) is 5.69 Å². The summed E-state index contributed by atoms with van der Waals surface area (Å²) < 4.78 is 0. The maximum absolute atomic E-state index is 11.8. The summed E-state index contributed by atoms with van der Waals surface area (Å²) in [4.78, 5) is 23.5. The lowest BCUT2D eigenvalue weighted by atomic mass is 10.2. The van der Waals surface area contributed by atoms with Crippen LogP contribution in [0.15, 0.2) is 24.3 Å². The standard InChI is InChI=1S/C15H23N3O2/c1-4-8-16-15(20)12-6-5-7-13(9-12)18-14(19)10-17-11(2)3/h5-7,9,11,17H,4,8,10H2,1-3H3,(H,16,20)(H,18,19). The Morgan fingerprint density at radius 1 is 1.25 bits per heavy atom. The van der Waals surface area contributed by atoms with Crippen molar-refractivity contribution in [1.29, 1.82) is 0 Å². The number of nitrogens with one attached hydrogen (secondary N) is 3. The van der Waals surface area contributed by atoms with Crippen LogP contribution in [0.3, 0.4) is 0 Å². The number of benzene rings is 1. The molecule has 0 aliphatic rings. The summed E-state index contributed by atoms with van der Waals surface area (Å²) in [5.41, 5.74) is 1.18. The van der Waals surface area contributed by atoms with E-state index in [0.29, 0.717) is 17.8 Å². The molecule has 3 N–H and O–H groups in total. The van der Waals surface area contributed by atoms with Gasteiger partial charge in [0, 0.05) is 23.8 Å². The van der Waals surface area contributed by atoms with Gasteiger partial charge in [-0.05, 0) is 24.6 Å². The van der Waals surface area contributed by atoms with Crippen LogP contribution in [0.1, 0.15) is 37.6 Å². The van der Waals surface area contributed by atoms with Crippen LogP contribution in [0.2, 0.25) is 0 Å². The highest BCUT2D eigenvalue weighted by molar-refractivity contribution is 5.97. The van der Waals surface area contributed by atoms with Gasteiger partial charge in [0.25, 0.3) is 5.91 Å². The Balaban J connectivity index is 2.59. The molecule has 0 bridgehead atoms. The second kappa shape index (κ2) is 8.32. The van der Waals surface area contributed by atoms with Crippen molar-refractivity contribution in [3.8, 4) is 0 Å². The molecule has 20 heavy (non-hydrogen) atoms. The molecule has 0 saturated carbocycles. The minimum atomic E-state index is -0.122. The molecule has 1 aromatic rings. The lowest BCUT2D eigenvalue weighted by Crippen LogP contribution is -2.32. The molecule has 0 unspecified atom stereocenters.